The van der Waals surface area contributed by atoms with E-state index in [4.69, 9.17) is 0 Å². The number of allylic oxidation sites excluding steroid dienone is 14. The molecule has 0 fully saturated rings. The van der Waals surface area contributed by atoms with Crippen molar-refractivity contribution in [3.05, 3.63) is 82.5 Å². The molecule has 0 heteroatoms. The minimum absolute atomic E-state index is 0.480. The highest BCUT2D eigenvalue weighted by Gasteiger charge is 2.21. The Morgan fingerprint density at radius 2 is 2.00 bits per heavy atom. The van der Waals surface area contributed by atoms with Gasteiger partial charge in [0, 0.05) is 5.92 Å². The fraction of sp³-hybridized carbons (Fsp3) is 0.263. The molecule has 0 nitrogen and oxygen atoms in total. The minimum Gasteiger partial charge on any atom is -0.0801 e. The van der Waals surface area contributed by atoms with Crippen LogP contribution >= 0.6 is 0 Å². The molecular weight excluding hydrogens is 228 g/mol. The van der Waals surface area contributed by atoms with Gasteiger partial charge in [-0.2, -0.15) is 0 Å². The number of fused-ring (bicyclic) bond motifs is 4. The molecule has 1 atom stereocenters. The van der Waals surface area contributed by atoms with Gasteiger partial charge in [-0.1, -0.05) is 67.2 Å². The van der Waals surface area contributed by atoms with Gasteiger partial charge in [0.05, 0.1) is 0 Å². The third-order valence-electron chi connectivity index (χ3n) is 4.13. The highest BCUT2D eigenvalue weighted by Crippen LogP contribution is 2.37. The average Bonchev–Trinajstić information content (AvgIpc) is 2.57. The second-order valence-electron chi connectivity index (χ2n) is 5.47. The summed E-state index contributed by atoms with van der Waals surface area (Å²) in [6.07, 6.45) is 22.5. The van der Waals surface area contributed by atoms with Crippen LogP contribution in [0.5, 0.6) is 0 Å². The van der Waals surface area contributed by atoms with Crippen LogP contribution in [-0.2, 0) is 0 Å². The van der Waals surface area contributed by atoms with Crippen molar-refractivity contribution in [2.24, 2.45) is 5.92 Å². The lowest BCUT2D eigenvalue weighted by molar-refractivity contribution is 0.825. The molecule has 0 aromatic rings. The summed E-state index contributed by atoms with van der Waals surface area (Å²) in [4.78, 5) is 0. The first kappa shape index (κ1) is 12.2. The van der Waals surface area contributed by atoms with Crippen LogP contribution < -0.4 is 0 Å². The van der Waals surface area contributed by atoms with Crippen molar-refractivity contribution in [2.45, 2.75) is 26.7 Å². The van der Waals surface area contributed by atoms with Crippen LogP contribution in [0.4, 0.5) is 0 Å². The first-order valence-corrected chi connectivity index (χ1v) is 7.09. The molecule has 0 amide bonds. The van der Waals surface area contributed by atoms with E-state index in [1.165, 1.54) is 27.9 Å². The van der Waals surface area contributed by atoms with Crippen molar-refractivity contribution < 1.29 is 0 Å². The fourth-order valence-electron chi connectivity index (χ4n) is 2.97. The minimum atomic E-state index is 0.480. The second-order valence-corrected chi connectivity index (χ2v) is 5.47. The van der Waals surface area contributed by atoms with Gasteiger partial charge in [0.25, 0.3) is 0 Å². The maximum Gasteiger partial charge on any atom is 0.00670 e. The predicted molar refractivity (Wildman–Crippen MR) is 82.8 cm³/mol. The Morgan fingerprint density at radius 3 is 2.89 bits per heavy atom. The number of rotatable bonds is 0. The number of hydrogen-bond acceptors (Lipinski definition) is 0. The molecule has 96 valence electrons. The normalized spacial score (nSPS) is 30.0. The Bertz CT molecular complexity index is 598. The standard InChI is InChI=1S/C19H20/c1-14-7-5-11-17-9-4-3-8-16-10-6-12-18(15(16)2)19(17)13-14/h3-4,6-8,10-13,15H,5,9H2,1-2H3/b4-3-,16-8-. The lowest BCUT2D eigenvalue weighted by Crippen LogP contribution is -2.08. The van der Waals surface area contributed by atoms with E-state index in [0.717, 1.165) is 12.8 Å². The zero-order valence-corrected chi connectivity index (χ0v) is 11.7. The third kappa shape index (κ3) is 2.35. The van der Waals surface area contributed by atoms with Gasteiger partial charge in [-0.3, -0.25) is 0 Å². The molecule has 1 unspecified atom stereocenters. The molecule has 0 heterocycles. The van der Waals surface area contributed by atoms with Crippen LogP contribution in [0.25, 0.3) is 0 Å². The molecule has 0 radical (unpaired) electrons. The van der Waals surface area contributed by atoms with Gasteiger partial charge >= 0.3 is 0 Å². The predicted octanol–water partition coefficient (Wildman–Crippen LogP) is 5.21. The summed E-state index contributed by atoms with van der Waals surface area (Å²) in [6.45, 7) is 4.51. The topological polar surface area (TPSA) is 0 Å². The van der Waals surface area contributed by atoms with E-state index in [1.54, 1.807) is 0 Å². The molecule has 0 spiro atoms. The van der Waals surface area contributed by atoms with Gasteiger partial charge in [-0.05, 0) is 42.1 Å². The van der Waals surface area contributed by atoms with Crippen molar-refractivity contribution in [3.63, 3.8) is 0 Å². The van der Waals surface area contributed by atoms with Crippen molar-refractivity contribution in [2.75, 3.05) is 0 Å². The van der Waals surface area contributed by atoms with Crippen LogP contribution in [0.1, 0.15) is 26.7 Å². The average molecular weight is 248 g/mol. The monoisotopic (exact) mass is 248 g/mol. The van der Waals surface area contributed by atoms with Gasteiger partial charge in [0.2, 0.25) is 0 Å². The van der Waals surface area contributed by atoms with E-state index in [9.17, 15) is 0 Å². The van der Waals surface area contributed by atoms with E-state index >= 15 is 0 Å². The molecule has 0 saturated carbocycles. The summed E-state index contributed by atoms with van der Waals surface area (Å²) in [6, 6.07) is 0. The molecule has 0 aliphatic heterocycles. The summed E-state index contributed by atoms with van der Waals surface area (Å²) in [5.74, 6) is 0.480. The molecule has 2 bridgehead atoms. The lowest BCUT2D eigenvalue weighted by atomic mass is 9.81. The Kier molecular flexibility index (Phi) is 3.25. The van der Waals surface area contributed by atoms with Gasteiger partial charge in [0.15, 0.2) is 0 Å². The highest BCUT2D eigenvalue weighted by molar-refractivity contribution is 5.58. The first-order chi connectivity index (χ1) is 9.25. The van der Waals surface area contributed by atoms with Gasteiger partial charge < -0.3 is 0 Å². The molecule has 0 saturated heterocycles. The van der Waals surface area contributed by atoms with Crippen LogP contribution in [0.15, 0.2) is 82.5 Å². The van der Waals surface area contributed by atoms with Gasteiger partial charge in [-0.25, -0.2) is 0 Å². The summed E-state index contributed by atoms with van der Waals surface area (Å²) >= 11 is 0. The van der Waals surface area contributed by atoms with Crippen molar-refractivity contribution in [1.82, 2.24) is 0 Å². The zero-order valence-electron chi connectivity index (χ0n) is 11.7. The quantitative estimate of drug-likeness (QED) is 0.552. The third-order valence-corrected chi connectivity index (χ3v) is 4.13. The molecule has 0 aromatic carbocycles. The number of hydrogen-bond donors (Lipinski definition) is 0. The Morgan fingerprint density at radius 1 is 1.11 bits per heavy atom. The Balaban J connectivity index is 2.17. The Labute approximate surface area is 115 Å². The highest BCUT2D eigenvalue weighted by atomic mass is 14.3. The van der Waals surface area contributed by atoms with E-state index in [2.05, 4.69) is 68.5 Å². The first-order valence-electron chi connectivity index (χ1n) is 7.09. The molecule has 0 N–H and O–H groups in total. The summed E-state index contributed by atoms with van der Waals surface area (Å²) < 4.78 is 0. The molecule has 3 aliphatic rings. The molecule has 19 heavy (non-hydrogen) atoms. The van der Waals surface area contributed by atoms with Gasteiger partial charge in [0.1, 0.15) is 0 Å². The smallest absolute Gasteiger partial charge is 0.00670 e. The van der Waals surface area contributed by atoms with Crippen molar-refractivity contribution in [3.8, 4) is 0 Å². The van der Waals surface area contributed by atoms with Crippen LogP contribution in [-0.4, -0.2) is 0 Å². The van der Waals surface area contributed by atoms with E-state index < -0.39 is 0 Å². The lowest BCUT2D eigenvalue weighted by Gasteiger charge is -2.23. The maximum absolute atomic E-state index is 2.38. The van der Waals surface area contributed by atoms with Gasteiger partial charge in [-0.15, -0.1) is 0 Å². The molecule has 3 rings (SSSR count). The van der Waals surface area contributed by atoms with E-state index in [1.807, 2.05) is 0 Å². The summed E-state index contributed by atoms with van der Waals surface area (Å²) in [5, 5.41) is 0. The zero-order chi connectivity index (χ0) is 13.2. The molecular formula is C19H20. The van der Waals surface area contributed by atoms with Crippen LogP contribution in [0, 0.1) is 5.92 Å². The second kappa shape index (κ2) is 5.05. The molecule has 0 aromatic heterocycles. The van der Waals surface area contributed by atoms with E-state index in [0.29, 0.717) is 5.92 Å². The SMILES string of the molecule is CC1=CCC=C2C/C=C\C=C3\C=CC=C(C2=C1)C3C. The van der Waals surface area contributed by atoms with Crippen LogP contribution in [0.2, 0.25) is 0 Å². The van der Waals surface area contributed by atoms with Crippen LogP contribution in [0.3, 0.4) is 0 Å². The maximum atomic E-state index is 2.38. The largest absolute Gasteiger partial charge is 0.0801 e. The summed E-state index contributed by atoms with van der Waals surface area (Å²) in [7, 11) is 0. The summed E-state index contributed by atoms with van der Waals surface area (Å²) in [5.41, 5.74) is 7.13. The van der Waals surface area contributed by atoms with E-state index in [-0.39, 0.29) is 0 Å². The van der Waals surface area contributed by atoms with Crippen molar-refractivity contribution >= 4 is 0 Å². The molecule has 3 aliphatic carbocycles. The Hall–Kier alpha value is -1.82. The van der Waals surface area contributed by atoms with Crippen molar-refractivity contribution in [1.29, 1.82) is 0 Å². The fourth-order valence-corrected chi connectivity index (χ4v) is 2.97.